The molecule has 0 heterocycles. The van der Waals surface area contributed by atoms with E-state index in [1.54, 1.807) is 19.9 Å². The van der Waals surface area contributed by atoms with Gasteiger partial charge in [-0.2, -0.15) is 0 Å². The van der Waals surface area contributed by atoms with Gasteiger partial charge < -0.3 is 5.32 Å². The second kappa shape index (κ2) is 5.63. The maximum atomic E-state index is 12.1. The number of halogens is 1. The first-order valence-corrected chi connectivity index (χ1v) is 8.47. The van der Waals surface area contributed by atoms with Crippen LogP contribution in [0, 0.1) is 6.92 Å². The van der Waals surface area contributed by atoms with Gasteiger partial charge >= 0.3 is 0 Å². The molecule has 0 aliphatic heterocycles. The predicted molar refractivity (Wildman–Crippen MR) is 80.1 cm³/mol. The first kappa shape index (κ1) is 16.2. The van der Waals surface area contributed by atoms with Crippen LogP contribution in [0.25, 0.3) is 0 Å². The van der Waals surface area contributed by atoms with Gasteiger partial charge in [-0.1, -0.05) is 22.0 Å². The van der Waals surface area contributed by atoms with E-state index < -0.39 is 14.6 Å². The molecule has 19 heavy (non-hydrogen) atoms. The lowest BCUT2D eigenvalue weighted by atomic mass is 10.1. The standard InChI is InChI=1S/C13H18BrNO3S/c1-9-5-6-10(14)7-11(9)12(16)15-8-13(2,3)19(4,17)18/h5-7H,8H2,1-4H3,(H,15,16). The molecule has 0 unspecified atom stereocenters. The van der Waals surface area contributed by atoms with Crippen LogP contribution in [0.1, 0.15) is 29.8 Å². The summed E-state index contributed by atoms with van der Waals surface area (Å²) in [5, 5.41) is 2.67. The Morgan fingerprint density at radius 1 is 1.37 bits per heavy atom. The van der Waals surface area contributed by atoms with Crippen LogP contribution in [0.5, 0.6) is 0 Å². The third-order valence-electron chi connectivity index (χ3n) is 3.12. The summed E-state index contributed by atoms with van der Waals surface area (Å²) in [5.74, 6) is -0.268. The molecule has 1 N–H and O–H groups in total. The number of aryl methyl sites for hydroxylation is 1. The number of rotatable bonds is 4. The molecule has 0 fully saturated rings. The van der Waals surface area contributed by atoms with Crippen LogP contribution in [0.4, 0.5) is 0 Å². The highest BCUT2D eigenvalue weighted by Crippen LogP contribution is 2.17. The fourth-order valence-corrected chi connectivity index (χ4v) is 2.05. The Kier molecular flexibility index (Phi) is 4.79. The van der Waals surface area contributed by atoms with Crippen LogP contribution in [0.3, 0.4) is 0 Å². The number of sulfone groups is 1. The number of hydrogen-bond acceptors (Lipinski definition) is 3. The van der Waals surface area contributed by atoms with Gasteiger partial charge in [0.2, 0.25) is 0 Å². The fourth-order valence-electron chi connectivity index (χ4n) is 1.36. The summed E-state index contributed by atoms with van der Waals surface area (Å²) in [7, 11) is -3.22. The Balaban J connectivity index is 2.85. The molecular formula is C13H18BrNO3S. The molecule has 1 aromatic carbocycles. The van der Waals surface area contributed by atoms with Crippen molar-refractivity contribution in [2.45, 2.75) is 25.5 Å². The van der Waals surface area contributed by atoms with Crippen molar-refractivity contribution < 1.29 is 13.2 Å². The van der Waals surface area contributed by atoms with Crippen LogP contribution >= 0.6 is 15.9 Å². The van der Waals surface area contributed by atoms with E-state index in [4.69, 9.17) is 0 Å². The van der Waals surface area contributed by atoms with E-state index in [0.29, 0.717) is 5.56 Å². The van der Waals surface area contributed by atoms with Crippen LogP contribution in [-0.2, 0) is 9.84 Å². The van der Waals surface area contributed by atoms with Gasteiger partial charge in [0.25, 0.3) is 5.91 Å². The van der Waals surface area contributed by atoms with E-state index in [2.05, 4.69) is 21.2 Å². The summed E-state index contributed by atoms with van der Waals surface area (Å²) >= 11 is 3.31. The van der Waals surface area contributed by atoms with E-state index in [1.165, 1.54) is 6.26 Å². The molecule has 0 radical (unpaired) electrons. The van der Waals surface area contributed by atoms with Crippen molar-refractivity contribution >= 4 is 31.7 Å². The number of benzene rings is 1. The van der Waals surface area contributed by atoms with Gasteiger partial charge in [-0.15, -0.1) is 0 Å². The summed E-state index contributed by atoms with van der Waals surface area (Å²) in [6.45, 7) is 5.10. The SMILES string of the molecule is Cc1ccc(Br)cc1C(=O)NCC(C)(C)S(C)(=O)=O. The average molecular weight is 348 g/mol. The normalized spacial score (nSPS) is 12.3. The zero-order valence-electron chi connectivity index (χ0n) is 11.5. The highest BCUT2D eigenvalue weighted by atomic mass is 79.9. The van der Waals surface area contributed by atoms with E-state index in [9.17, 15) is 13.2 Å². The number of amides is 1. The molecule has 6 heteroatoms. The Morgan fingerprint density at radius 2 is 1.95 bits per heavy atom. The zero-order chi connectivity index (χ0) is 14.8. The zero-order valence-corrected chi connectivity index (χ0v) is 13.9. The monoisotopic (exact) mass is 347 g/mol. The molecule has 4 nitrogen and oxygen atoms in total. The molecule has 0 saturated heterocycles. The molecule has 1 rings (SSSR count). The van der Waals surface area contributed by atoms with Crippen molar-refractivity contribution in [3.63, 3.8) is 0 Å². The number of carbonyl (C=O) groups is 1. The number of hydrogen-bond donors (Lipinski definition) is 1. The lowest BCUT2D eigenvalue weighted by molar-refractivity contribution is 0.0950. The topological polar surface area (TPSA) is 63.2 Å². The minimum Gasteiger partial charge on any atom is -0.350 e. The maximum Gasteiger partial charge on any atom is 0.251 e. The lowest BCUT2D eigenvalue weighted by Crippen LogP contribution is -2.43. The first-order valence-electron chi connectivity index (χ1n) is 5.78. The third kappa shape index (κ3) is 4.04. The van der Waals surface area contributed by atoms with Crippen molar-refractivity contribution in [2.24, 2.45) is 0 Å². The summed E-state index contributed by atoms with van der Waals surface area (Å²) in [6.07, 6.45) is 1.17. The summed E-state index contributed by atoms with van der Waals surface area (Å²) in [5.41, 5.74) is 1.39. The van der Waals surface area contributed by atoms with Crippen molar-refractivity contribution in [1.29, 1.82) is 0 Å². The highest BCUT2D eigenvalue weighted by molar-refractivity contribution is 9.10. The van der Waals surface area contributed by atoms with E-state index >= 15 is 0 Å². The first-order chi connectivity index (χ1) is 8.54. The quantitative estimate of drug-likeness (QED) is 0.908. The molecule has 0 saturated carbocycles. The van der Waals surface area contributed by atoms with Gasteiger partial charge in [0.05, 0.1) is 4.75 Å². The molecule has 0 bridgehead atoms. The average Bonchev–Trinajstić information content (AvgIpc) is 2.28. The fraction of sp³-hybridized carbons (Fsp3) is 0.462. The van der Waals surface area contributed by atoms with Crippen LogP contribution < -0.4 is 5.32 Å². The Morgan fingerprint density at radius 3 is 2.47 bits per heavy atom. The molecule has 1 aromatic rings. The van der Waals surface area contributed by atoms with Crippen LogP contribution in [-0.4, -0.2) is 31.9 Å². The molecule has 0 aliphatic rings. The van der Waals surface area contributed by atoms with Gasteiger partial charge in [-0.25, -0.2) is 8.42 Å². The molecule has 0 atom stereocenters. The lowest BCUT2D eigenvalue weighted by Gasteiger charge is -2.23. The van der Waals surface area contributed by atoms with Crippen molar-refractivity contribution in [3.8, 4) is 0 Å². The Hall–Kier alpha value is -0.880. The Labute approximate surface area is 122 Å². The van der Waals surface area contributed by atoms with Gasteiger partial charge in [0.1, 0.15) is 0 Å². The van der Waals surface area contributed by atoms with E-state index in [0.717, 1.165) is 10.0 Å². The van der Waals surface area contributed by atoms with Crippen molar-refractivity contribution in [1.82, 2.24) is 5.32 Å². The van der Waals surface area contributed by atoms with Crippen molar-refractivity contribution in [3.05, 3.63) is 33.8 Å². The second-order valence-electron chi connectivity index (χ2n) is 5.17. The van der Waals surface area contributed by atoms with Crippen molar-refractivity contribution in [2.75, 3.05) is 12.8 Å². The van der Waals surface area contributed by atoms with Crippen LogP contribution in [0.2, 0.25) is 0 Å². The minimum absolute atomic E-state index is 0.0800. The van der Waals surface area contributed by atoms with E-state index in [1.807, 2.05) is 19.1 Å². The maximum absolute atomic E-state index is 12.1. The minimum atomic E-state index is -3.22. The van der Waals surface area contributed by atoms with Gasteiger partial charge in [-0.05, 0) is 38.5 Å². The number of carbonyl (C=O) groups excluding carboxylic acids is 1. The van der Waals surface area contributed by atoms with Gasteiger partial charge in [0.15, 0.2) is 9.84 Å². The Bertz CT molecular complexity index is 594. The van der Waals surface area contributed by atoms with E-state index in [-0.39, 0.29) is 12.5 Å². The molecule has 0 aliphatic carbocycles. The smallest absolute Gasteiger partial charge is 0.251 e. The molecule has 0 spiro atoms. The van der Waals surface area contributed by atoms with Gasteiger partial charge in [-0.3, -0.25) is 4.79 Å². The predicted octanol–water partition coefficient (Wildman–Crippen LogP) is 2.31. The molecule has 1 amide bonds. The summed E-state index contributed by atoms with van der Waals surface area (Å²) < 4.78 is 23.0. The number of nitrogens with one attached hydrogen (secondary N) is 1. The summed E-state index contributed by atoms with van der Waals surface area (Å²) in [6, 6.07) is 5.41. The second-order valence-corrected chi connectivity index (χ2v) is 8.74. The van der Waals surface area contributed by atoms with Crippen LogP contribution in [0.15, 0.2) is 22.7 Å². The molecule has 106 valence electrons. The highest BCUT2D eigenvalue weighted by Gasteiger charge is 2.30. The molecular weight excluding hydrogens is 330 g/mol. The largest absolute Gasteiger partial charge is 0.350 e. The van der Waals surface area contributed by atoms with Gasteiger partial charge in [0, 0.05) is 22.8 Å². The summed E-state index contributed by atoms with van der Waals surface area (Å²) in [4.78, 5) is 12.1. The third-order valence-corrected chi connectivity index (χ3v) is 5.77. The molecule has 0 aromatic heterocycles.